The number of halogens is 2. The molecule has 1 N–H and O–H groups in total. The molecular weight excluding hydrogens is 210 g/mol. The number of esters is 1. The van der Waals surface area contributed by atoms with Crippen LogP contribution in [-0.2, 0) is 11.8 Å². The first kappa shape index (κ1) is 11.6. The first-order valence-corrected chi connectivity index (χ1v) is 4.16. The van der Waals surface area contributed by atoms with Crippen LogP contribution in [0.25, 0.3) is 0 Å². The van der Waals surface area contributed by atoms with Gasteiger partial charge in [0.05, 0.1) is 6.61 Å². The summed E-state index contributed by atoms with van der Waals surface area (Å²) in [6.07, 6.45) is -1.68. The molecule has 0 spiro atoms. The smallest absolute Gasteiger partial charge is 0.341 e. The van der Waals surface area contributed by atoms with E-state index in [0.717, 1.165) is 10.9 Å². The zero-order valence-corrected chi connectivity index (χ0v) is 7.98. The molecule has 0 amide bonds. The summed E-state index contributed by atoms with van der Waals surface area (Å²) in [5.41, 5.74) is -0.888. The molecule has 1 rings (SSSR count). The fourth-order valence-electron chi connectivity index (χ4n) is 1.04. The number of carbonyl (C=O) groups is 1. The molecule has 0 aromatic carbocycles. The van der Waals surface area contributed by atoms with Gasteiger partial charge in [-0.1, -0.05) is 0 Å². The second kappa shape index (κ2) is 4.83. The first-order chi connectivity index (χ1) is 7.06. The van der Waals surface area contributed by atoms with Gasteiger partial charge in [-0.15, -0.1) is 0 Å². The van der Waals surface area contributed by atoms with Crippen LogP contribution in [0.5, 0.6) is 0 Å². The van der Waals surface area contributed by atoms with Crippen LogP contribution in [0.15, 0.2) is 6.20 Å². The summed E-state index contributed by atoms with van der Waals surface area (Å²) in [6, 6.07) is 0. The normalized spacial score (nSPS) is 10.7. The topological polar surface area (TPSA) is 64.3 Å². The van der Waals surface area contributed by atoms with Crippen LogP contribution in [0.3, 0.4) is 0 Å². The summed E-state index contributed by atoms with van der Waals surface area (Å²) in [7, 11) is 1.43. The number of hydrogen-bond acceptors (Lipinski definition) is 4. The fraction of sp³-hybridized carbons (Fsp3) is 0.500. The van der Waals surface area contributed by atoms with Crippen molar-refractivity contribution in [2.75, 3.05) is 13.2 Å². The Kier molecular flexibility index (Phi) is 3.73. The SMILES string of the molecule is Cn1cc(C(=O)OCCO)c(C(F)F)n1. The first-order valence-electron chi connectivity index (χ1n) is 4.16. The van der Waals surface area contributed by atoms with Gasteiger partial charge in [0.15, 0.2) is 0 Å². The van der Waals surface area contributed by atoms with E-state index in [2.05, 4.69) is 9.84 Å². The fourth-order valence-corrected chi connectivity index (χ4v) is 1.04. The Morgan fingerprint density at radius 1 is 1.73 bits per heavy atom. The highest BCUT2D eigenvalue weighted by atomic mass is 19.3. The zero-order chi connectivity index (χ0) is 11.4. The van der Waals surface area contributed by atoms with E-state index in [1.807, 2.05) is 0 Å². The van der Waals surface area contributed by atoms with Gasteiger partial charge in [-0.05, 0) is 0 Å². The van der Waals surface area contributed by atoms with Crippen LogP contribution in [0.4, 0.5) is 8.78 Å². The minimum atomic E-state index is -2.83. The van der Waals surface area contributed by atoms with Gasteiger partial charge in [0.1, 0.15) is 17.9 Å². The van der Waals surface area contributed by atoms with Gasteiger partial charge in [0.2, 0.25) is 0 Å². The Hall–Kier alpha value is -1.50. The Labute approximate surface area is 84.3 Å². The van der Waals surface area contributed by atoms with Gasteiger partial charge in [0.25, 0.3) is 6.43 Å². The van der Waals surface area contributed by atoms with E-state index >= 15 is 0 Å². The van der Waals surface area contributed by atoms with E-state index in [4.69, 9.17) is 5.11 Å². The Morgan fingerprint density at radius 2 is 2.40 bits per heavy atom. The van der Waals surface area contributed by atoms with E-state index < -0.39 is 18.1 Å². The number of rotatable bonds is 4. The number of hydrogen-bond donors (Lipinski definition) is 1. The van der Waals surface area contributed by atoms with Crippen molar-refractivity contribution >= 4 is 5.97 Å². The minimum Gasteiger partial charge on any atom is -0.460 e. The maximum Gasteiger partial charge on any atom is 0.341 e. The number of aliphatic hydroxyl groups is 1. The number of carbonyl (C=O) groups excluding carboxylic acids is 1. The van der Waals surface area contributed by atoms with Crippen LogP contribution < -0.4 is 0 Å². The van der Waals surface area contributed by atoms with E-state index in [1.54, 1.807) is 0 Å². The van der Waals surface area contributed by atoms with Gasteiger partial charge in [-0.25, -0.2) is 13.6 Å². The molecule has 1 aromatic rings. The number of alkyl halides is 2. The molecule has 0 unspecified atom stereocenters. The highest BCUT2D eigenvalue weighted by molar-refractivity contribution is 5.90. The Bertz CT molecular complexity index is 352. The van der Waals surface area contributed by atoms with Gasteiger partial charge >= 0.3 is 5.97 Å². The van der Waals surface area contributed by atoms with Crippen molar-refractivity contribution in [1.82, 2.24) is 9.78 Å². The van der Waals surface area contributed by atoms with Crippen molar-refractivity contribution in [2.45, 2.75) is 6.43 Å². The van der Waals surface area contributed by atoms with Crippen molar-refractivity contribution < 1.29 is 23.4 Å². The third-order valence-corrected chi connectivity index (χ3v) is 1.61. The number of aromatic nitrogens is 2. The average Bonchev–Trinajstić information content (AvgIpc) is 2.57. The number of aliphatic hydroxyl groups excluding tert-OH is 1. The third-order valence-electron chi connectivity index (χ3n) is 1.61. The summed E-state index contributed by atoms with van der Waals surface area (Å²) in [5, 5.41) is 11.8. The highest BCUT2D eigenvalue weighted by Crippen LogP contribution is 2.21. The second-order valence-corrected chi connectivity index (χ2v) is 2.76. The summed E-state index contributed by atoms with van der Waals surface area (Å²) < 4.78 is 30.4. The summed E-state index contributed by atoms with van der Waals surface area (Å²) in [4.78, 5) is 11.2. The maximum atomic E-state index is 12.4. The van der Waals surface area contributed by atoms with E-state index in [0.29, 0.717) is 0 Å². The van der Waals surface area contributed by atoms with Gasteiger partial charge in [0, 0.05) is 13.2 Å². The molecule has 0 fully saturated rings. The van der Waals surface area contributed by atoms with Crippen LogP contribution in [-0.4, -0.2) is 34.1 Å². The maximum absolute atomic E-state index is 12.4. The monoisotopic (exact) mass is 220 g/mol. The molecule has 0 atom stereocenters. The van der Waals surface area contributed by atoms with Gasteiger partial charge in [-0.2, -0.15) is 5.10 Å². The van der Waals surface area contributed by atoms with E-state index in [1.165, 1.54) is 7.05 Å². The molecule has 0 aliphatic heterocycles. The molecule has 0 aliphatic rings. The molecule has 0 aliphatic carbocycles. The Balaban J connectivity index is 2.87. The predicted octanol–water partition coefficient (Wildman–Crippen LogP) is 0.507. The number of aryl methyl sites for hydroxylation is 1. The molecule has 0 bridgehead atoms. The lowest BCUT2D eigenvalue weighted by atomic mass is 10.2. The average molecular weight is 220 g/mol. The van der Waals surface area contributed by atoms with E-state index in [-0.39, 0.29) is 18.8 Å². The molecular formula is C8H10F2N2O3. The summed E-state index contributed by atoms with van der Waals surface area (Å²) in [6.45, 7) is -0.577. The quantitative estimate of drug-likeness (QED) is 0.751. The molecule has 1 heterocycles. The Morgan fingerprint density at radius 3 is 2.93 bits per heavy atom. The summed E-state index contributed by atoms with van der Waals surface area (Å²) in [5.74, 6) is -0.910. The van der Waals surface area contributed by atoms with Crippen molar-refractivity contribution in [3.63, 3.8) is 0 Å². The highest BCUT2D eigenvalue weighted by Gasteiger charge is 2.23. The van der Waals surface area contributed by atoms with Crippen molar-refractivity contribution in [2.24, 2.45) is 7.05 Å². The van der Waals surface area contributed by atoms with Crippen LogP contribution in [0, 0.1) is 0 Å². The number of ether oxygens (including phenoxy) is 1. The lowest BCUT2D eigenvalue weighted by Gasteiger charge is -2.01. The third kappa shape index (κ3) is 2.72. The van der Waals surface area contributed by atoms with E-state index in [9.17, 15) is 13.6 Å². The van der Waals surface area contributed by atoms with Crippen LogP contribution >= 0.6 is 0 Å². The minimum absolute atomic E-state index is 0.226. The van der Waals surface area contributed by atoms with Crippen molar-refractivity contribution in [3.05, 3.63) is 17.5 Å². The molecule has 0 saturated carbocycles. The standard InChI is InChI=1S/C8H10F2N2O3/c1-12-4-5(6(11-12)7(9)10)8(14)15-3-2-13/h4,7,13H,2-3H2,1H3. The lowest BCUT2D eigenvalue weighted by Crippen LogP contribution is -2.10. The zero-order valence-electron chi connectivity index (χ0n) is 7.98. The molecule has 7 heteroatoms. The molecule has 5 nitrogen and oxygen atoms in total. The van der Waals surface area contributed by atoms with Crippen molar-refractivity contribution in [3.8, 4) is 0 Å². The largest absolute Gasteiger partial charge is 0.460 e. The van der Waals surface area contributed by atoms with Crippen LogP contribution in [0.2, 0.25) is 0 Å². The molecule has 84 valence electrons. The molecule has 0 radical (unpaired) electrons. The summed E-state index contributed by atoms with van der Waals surface area (Å²) >= 11 is 0. The molecule has 0 saturated heterocycles. The second-order valence-electron chi connectivity index (χ2n) is 2.76. The van der Waals surface area contributed by atoms with Gasteiger partial charge < -0.3 is 9.84 Å². The molecule has 1 aromatic heterocycles. The lowest BCUT2D eigenvalue weighted by molar-refractivity contribution is 0.0424. The number of nitrogens with zero attached hydrogens (tertiary/aromatic N) is 2. The van der Waals surface area contributed by atoms with Gasteiger partial charge in [-0.3, -0.25) is 4.68 Å². The molecule has 15 heavy (non-hydrogen) atoms. The predicted molar refractivity (Wildman–Crippen MR) is 45.5 cm³/mol. The van der Waals surface area contributed by atoms with Crippen LogP contribution in [0.1, 0.15) is 22.5 Å². The van der Waals surface area contributed by atoms with Crippen molar-refractivity contribution in [1.29, 1.82) is 0 Å².